The molecule has 10 rings (SSSR count). The van der Waals surface area contributed by atoms with E-state index in [0.717, 1.165) is 49.6 Å². The van der Waals surface area contributed by atoms with Gasteiger partial charge in [0, 0.05) is 36.4 Å². The Balaban J connectivity index is 0.893. The molecule has 4 heterocycles. The minimum atomic E-state index is -3.28. The van der Waals surface area contributed by atoms with E-state index in [4.69, 9.17) is 19.4 Å². The summed E-state index contributed by atoms with van der Waals surface area (Å²) in [4.78, 5) is 59.7. The van der Waals surface area contributed by atoms with Crippen LogP contribution in [0.15, 0.2) is 60.8 Å². The van der Waals surface area contributed by atoms with Gasteiger partial charge in [0.15, 0.2) is 0 Å². The van der Waals surface area contributed by atoms with Gasteiger partial charge in [0.25, 0.3) is 5.92 Å². The molecule has 1 unspecified atom stereocenters. The predicted molar refractivity (Wildman–Crippen MR) is 229 cm³/mol. The molecule has 63 heavy (non-hydrogen) atoms. The van der Waals surface area contributed by atoms with Crippen molar-refractivity contribution in [2.45, 2.75) is 102 Å². The largest absolute Gasteiger partial charge is 0.453 e. The first-order valence-corrected chi connectivity index (χ1v) is 21.8. The lowest BCUT2D eigenvalue weighted by Gasteiger charge is -2.35. The van der Waals surface area contributed by atoms with Gasteiger partial charge in [-0.05, 0) is 109 Å². The number of hydrogen-bond donors (Lipinski definition) is 5. The Bertz CT molecular complexity index is 2640. The van der Waals surface area contributed by atoms with Crippen LogP contribution in [0.3, 0.4) is 0 Å². The molecule has 0 radical (unpaired) electrons. The Morgan fingerprint density at radius 2 is 1.60 bits per heavy atom. The molecule has 16 heteroatoms. The number of methoxy groups -OCH3 is 2. The summed E-state index contributed by atoms with van der Waals surface area (Å²) in [7, 11) is 2.62. The molecular formula is C47H52F2N8O6. The first-order chi connectivity index (χ1) is 30.2. The van der Waals surface area contributed by atoms with Crippen LogP contribution >= 0.6 is 0 Å². The monoisotopic (exact) mass is 862 g/mol. The molecule has 1 spiro atoms. The van der Waals surface area contributed by atoms with Gasteiger partial charge < -0.3 is 39.7 Å². The van der Waals surface area contributed by atoms with Gasteiger partial charge in [-0.15, -0.1) is 0 Å². The molecule has 3 aromatic carbocycles. The Morgan fingerprint density at radius 3 is 2.30 bits per heavy atom. The fraction of sp³-hybridized carbons (Fsp3) is 0.468. The number of likely N-dealkylation sites (tertiary alicyclic amines) is 2. The Labute approximate surface area is 363 Å². The number of hydrogen-bond acceptors (Lipinski definition) is 9. The van der Waals surface area contributed by atoms with E-state index in [1.54, 1.807) is 31.3 Å². The predicted octanol–water partition coefficient (Wildman–Crippen LogP) is 7.13. The fourth-order valence-corrected chi connectivity index (χ4v) is 10.8. The number of H-pyrrole nitrogens is 2. The second-order valence-corrected chi connectivity index (χ2v) is 18.6. The number of carbonyl (C=O) groups is 3. The lowest BCUT2D eigenvalue weighted by Crippen LogP contribution is -2.53. The lowest BCUT2D eigenvalue weighted by atomic mass is 9.97. The minimum absolute atomic E-state index is 0.0339. The molecule has 2 aliphatic heterocycles. The first kappa shape index (κ1) is 41.3. The number of nitrogens with one attached hydrogen (secondary N) is 4. The SMILES string of the molecule is COC(=O)N[C@@H](C)C(=O)N1[C@@H]2CC[C@@H](C2)[C@H]1c1nc2ccc(-c3ccc4c(c3)C(F)(F)c3cc(-c5cnc([C@@H]6CC7(CC7)CN6C(=O)[C@@H](NC(O)OC)C(C)C)[nH]5)ccc3-4)cc2[nH]1. The summed E-state index contributed by atoms with van der Waals surface area (Å²) in [6.45, 7) is 6.06. The van der Waals surface area contributed by atoms with Crippen molar-refractivity contribution in [2.75, 3.05) is 20.8 Å². The fourth-order valence-electron chi connectivity index (χ4n) is 10.8. The summed E-state index contributed by atoms with van der Waals surface area (Å²) in [5, 5.41) is 15.6. The lowest BCUT2D eigenvalue weighted by molar-refractivity contribution is -0.145. The highest BCUT2D eigenvalue weighted by Crippen LogP contribution is 2.59. The van der Waals surface area contributed by atoms with Crippen LogP contribution in [0.2, 0.25) is 0 Å². The highest BCUT2D eigenvalue weighted by molar-refractivity contribution is 5.88. The van der Waals surface area contributed by atoms with Crippen LogP contribution in [0.25, 0.3) is 44.5 Å². The minimum Gasteiger partial charge on any atom is -0.453 e. The molecule has 5 aliphatic rings. The van der Waals surface area contributed by atoms with Crippen molar-refractivity contribution in [1.82, 2.24) is 40.4 Å². The van der Waals surface area contributed by atoms with Crippen LogP contribution in [0.4, 0.5) is 13.6 Å². The Hall–Kier alpha value is -5.71. The van der Waals surface area contributed by atoms with E-state index in [9.17, 15) is 19.5 Å². The van der Waals surface area contributed by atoms with Crippen molar-refractivity contribution in [3.8, 4) is 33.5 Å². The molecular weight excluding hydrogens is 811 g/mol. The van der Waals surface area contributed by atoms with E-state index >= 15 is 8.78 Å². The highest BCUT2D eigenvalue weighted by atomic mass is 19.3. The van der Waals surface area contributed by atoms with Crippen molar-refractivity contribution in [2.24, 2.45) is 17.3 Å². The molecule has 2 saturated heterocycles. The van der Waals surface area contributed by atoms with Crippen molar-refractivity contribution in [3.05, 3.63) is 83.6 Å². The Kier molecular flexibility index (Phi) is 9.99. The summed E-state index contributed by atoms with van der Waals surface area (Å²) < 4.78 is 43.0. The molecule has 3 aliphatic carbocycles. The zero-order valence-electron chi connectivity index (χ0n) is 35.9. The molecule has 7 atom stereocenters. The molecule has 330 valence electrons. The van der Waals surface area contributed by atoms with Gasteiger partial charge in [-0.3, -0.25) is 14.9 Å². The van der Waals surface area contributed by atoms with E-state index < -0.39 is 30.5 Å². The van der Waals surface area contributed by atoms with Crippen LogP contribution in [0.5, 0.6) is 0 Å². The third-order valence-corrected chi connectivity index (χ3v) is 14.3. The number of alkyl carbamates (subject to hydrolysis) is 1. The number of aromatic amines is 2. The van der Waals surface area contributed by atoms with E-state index in [1.807, 2.05) is 54.0 Å². The van der Waals surface area contributed by atoms with Gasteiger partial charge in [0.2, 0.25) is 18.2 Å². The summed E-state index contributed by atoms with van der Waals surface area (Å²) in [5.74, 6) is -2.24. The number of aliphatic hydroxyl groups is 1. The van der Waals surface area contributed by atoms with Crippen LogP contribution in [-0.2, 0) is 25.0 Å². The molecule has 4 fully saturated rings. The maximum absolute atomic E-state index is 16.6. The normalized spacial score (nSPS) is 23.9. The maximum atomic E-state index is 16.6. The number of alkyl halides is 2. The smallest absolute Gasteiger partial charge is 0.407 e. The summed E-state index contributed by atoms with van der Waals surface area (Å²) in [6.07, 6.45) is 5.20. The zero-order valence-corrected chi connectivity index (χ0v) is 35.9. The van der Waals surface area contributed by atoms with Crippen molar-refractivity contribution < 1.29 is 37.7 Å². The van der Waals surface area contributed by atoms with Gasteiger partial charge in [-0.1, -0.05) is 44.2 Å². The van der Waals surface area contributed by atoms with Gasteiger partial charge in [0.05, 0.1) is 48.2 Å². The molecule has 5 N–H and O–H groups in total. The average molecular weight is 863 g/mol. The average Bonchev–Trinajstić information content (AvgIpc) is 3.93. The molecule has 2 aromatic heterocycles. The van der Waals surface area contributed by atoms with E-state index in [1.165, 1.54) is 20.3 Å². The number of imidazole rings is 2. The second kappa shape index (κ2) is 15.2. The van der Waals surface area contributed by atoms with Crippen molar-refractivity contribution >= 4 is 28.9 Å². The van der Waals surface area contributed by atoms with Gasteiger partial charge in [-0.2, -0.15) is 8.78 Å². The number of carbonyl (C=O) groups excluding carboxylic acids is 3. The second-order valence-electron chi connectivity index (χ2n) is 18.6. The number of aliphatic hydroxyl groups excluding tert-OH is 1. The summed E-state index contributed by atoms with van der Waals surface area (Å²) in [6, 6.07) is 13.9. The van der Waals surface area contributed by atoms with Gasteiger partial charge >= 0.3 is 6.09 Å². The number of piperidine rings is 1. The number of nitrogens with zero attached hydrogens (tertiary/aromatic N) is 4. The first-order valence-electron chi connectivity index (χ1n) is 21.8. The zero-order chi connectivity index (χ0) is 44.1. The third-order valence-electron chi connectivity index (χ3n) is 14.3. The number of fused-ring (bicyclic) bond motifs is 6. The third kappa shape index (κ3) is 6.97. The summed E-state index contributed by atoms with van der Waals surface area (Å²) >= 11 is 0. The van der Waals surface area contributed by atoms with Crippen molar-refractivity contribution in [3.63, 3.8) is 0 Å². The van der Waals surface area contributed by atoms with Crippen LogP contribution in [-0.4, -0.2) is 98.1 Å². The molecule has 2 saturated carbocycles. The highest BCUT2D eigenvalue weighted by Gasteiger charge is 2.55. The number of benzene rings is 3. The number of rotatable bonds is 11. The molecule has 14 nitrogen and oxygen atoms in total. The number of amides is 3. The number of halogens is 2. The van der Waals surface area contributed by atoms with Crippen LogP contribution in [0.1, 0.15) is 94.2 Å². The van der Waals surface area contributed by atoms with Crippen molar-refractivity contribution in [1.29, 1.82) is 0 Å². The Morgan fingerprint density at radius 1 is 0.905 bits per heavy atom. The topological polar surface area (TPSA) is 178 Å². The van der Waals surface area contributed by atoms with E-state index in [0.29, 0.717) is 51.7 Å². The van der Waals surface area contributed by atoms with Gasteiger partial charge in [-0.25, -0.2) is 14.8 Å². The molecule has 2 bridgehead atoms. The van der Waals surface area contributed by atoms with E-state index in [2.05, 4.69) is 20.6 Å². The molecule has 5 aromatic rings. The standard InChI is InChI=1S/C47H52F2N8O6/c1-23(2)38(55-45(61)63-5)43(59)56-22-46(14-15-46)20-37(56)40-50-21-36(54-40)27-8-12-31-30-11-7-25(17-32(30)47(48,49)33(31)18-27)26-9-13-34-35(19-26)53-41(52-34)39-28-6-10-29(16-28)57(39)42(58)24(3)51-44(60)62-4/h7-9,11-13,17-19,21,23-24,28-29,37-39,45,55,61H,6,10,14-16,20,22H2,1-5H3,(H,50,54)(H,51,60)(H,52,53)/t24-,28-,29+,37-,38-,39-,45?/m0/s1. The van der Waals surface area contributed by atoms with Crippen LogP contribution in [0, 0.1) is 17.3 Å². The number of ether oxygens (including phenoxy) is 2. The number of aromatic nitrogens is 4. The van der Waals surface area contributed by atoms with E-state index in [-0.39, 0.29) is 58.3 Å². The summed E-state index contributed by atoms with van der Waals surface area (Å²) in [5.41, 5.74) is 4.76. The van der Waals surface area contributed by atoms with Gasteiger partial charge in [0.1, 0.15) is 17.7 Å². The van der Waals surface area contributed by atoms with Crippen LogP contribution < -0.4 is 10.6 Å². The molecule has 3 amide bonds. The quantitative estimate of drug-likeness (QED) is 0.0865. The maximum Gasteiger partial charge on any atom is 0.407 e.